The zero-order chi connectivity index (χ0) is 14.8. The first kappa shape index (κ1) is 17.0. The van der Waals surface area contributed by atoms with Gasteiger partial charge in [0.05, 0.1) is 6.54 Å². The van der Waals surface area contributed by atoms with Crippen molar-refractivity contribution < 1.29 is 4.74 Å². The molecular weight excluding hydrogens is 294 g/mol. The van der Waals surface area contributed by atoms with Crippen molar-refractivity contribution in [1.29, 1.82) is 0 Å². The van der Waals surface area contributed by atoms with Gasteiger partial charge in [-0.15, -0.1) is 0 Å². The van der Waals surface area contributed by atoms with Gasteiger partial charge >= 0.3 is 0 Å². The highest BCUT2D eigenvalue weighted by molar-refractivity contribution is 7.98. The fourth-order valence-electron chi connectivity index (χ4n) is 1.52. The minimum atomic E-state index is 0.0373. The molecule has 0 saturated heterocycles. The number of rotatable bonds is 7. The van der Waals surface area contributed by atoms with Gasteiger partial charge in [0.1, 0.15) is 11.9 Å². The molecule has 1 rings (SSSR count). The molecule has 0 aliphatic rings. The molecule has 1 atom stereocenters. The van der Waals surface area contributed by atoms with Crippen LogP contribution in [0.4, 0.5) is 0 Å². The van der Waals surface area contributed by atoms with Crippen LogP contribution < -0.4 is 15.4 Å². The number of hydrogen-bond acceptors (Lipinski definition) is 3. The molecule has 0 aliphatic carbocycles. The minimum absolute atomic E-state index is 0.0373. The van der Waals surface area contributed by atoms with Crippen LogP contribution in [-0.4, -0.2) is 44.2 Å². The molecular formula is C14H22ClN3OS. The molecule has 0 aliphatic heterocycles. The maximum atomic E-state index is 5.84. The van der Waals surface area contributed by atoms with Crippen LogP contribution in [-0.2, 0) is 0 Å². The Balaban J connectivity index is 2.31. The van der Waals surface area contributed by atoms with Crippen molar-refractivity contribution in [2.75, 3.05) is 32.1 Å². The van der Waals surface area contributed by atoms with Crippen LogP contribution in [0.1, 0.15) is 6.92 Å². The molecule has 0 saturated carbocycles. The Morgan fingerprint density at radius 3 is 2.65 bits per heavy atom. The molecule has 112 valence electrons. The second kappa shape index (κ2) is 9.77. The van der Waals surface area contributed by atoms with Gasteiger partial charge < -0.3 is 15.4 Å². The van der Waals surface area contributed by atoms with E-state index < -0.39 is 0 Å². The Bertz CT molecular complexity index is 411. The normalized spacial score (nSPS) is 12.9. The topological polar surface area (TPSA) is 45.7 Å². The first-order valence-corrected chi connectivity index (χ1v) is 8.28. The largest absolute Gasteiger partial charge is 0.489 e. The number of nitrogens with one attached hydrogen (secondary N) is 2. The third-order valence-electron chi connectivity index (χ3n) is 2.53. The van der Waals surface area contributed by atoms with E-state index in [0.717, 1.165) is 24.0 Å². The molecule has 2 N–H and O–H groups in total. The summed E-state index contributed by atoms with van der Waals surface area (Å²) >= 11 is 7.64. The van der Waals surface area contributed by atoms with E-state index in [-0.39, 0.29) is 6.10 Å². The van der Waals surface area contributed by atoms with E-state index in [1.165, 1.54) is 0 Å². The molecule has 0 bridgehead atoms. The highest BCUT2D eigenvalue weighted by Crippen LogP contribution is 2.16. The number of benzene rings is 1. The van der Waals surface area contributed by atoms with E-state index in [2.05, 4.69) is 21.9 Å². The van der Waals surface area contributed by atoms with Crippen molar-refractivity contribution in [3.05, 3.63) is 29.3 Å². The minimum Gasteiger partial charge on any atom is -0.489 e. The van der Waals surface area contributed by atoms with Crippen molar-refractivity contribution in [2.24, 2.45) is 4.99 Å². The van der Waals surface area contributed by atoms with Crippen LogP contribution in [0.2, 0.25) is 5.02 Å². The molecule has 0 heterocycles. The molecule has 1 aromatic rings. The predicted molar refractivity (Wildman–Crippen MR) is 89.3 cm³/mol. The van der Waals surface area contributed by atoms with Crippen LogP contribution in [0.15, 0.2) is 29.3 Å². The van der Waals surface area contributed by atoms with Gasteiger partial charge in [0.15, 0.2) is 5.96 Å². The van der Waals surface area contributed by atoms with E-state index in [1.807, 2.05) is 31.2 Å². The fraction of sp³-hybridized carbons (Fsp3) is 0.500. The van der Waals surface area contributed by atoms with Crippen molar-refractivity contribution >= 4 is 29.3 Å². The van der Waals surface area contributed by atoms with Gasteiger partial charge in [-0.2, -0.15) is 11.8 Å². The first-order valence-electron chi connectivity index (χ1n) is 6.51. The number of ether oxygens (including phenoxy) is 1. The standard InChI is InChI=1S/C14H22ClN3OS/c1-11(19-13-6-4-12(15)5-7-13)10-18-14(16-2)17-8-9-20-3/h4-7,11H,8-10H2,1-3H3,(H2,16,17,18). The van der Waals surface area contributed by atoms with E-state index in [0.29, 0.717) is 11.6 Å². The zero-order valence-electron chi connectivity index (χ0n) is 12.1. The lowest BCUT2D eigenvalue weighted by molar-refractivity contribution is 0.224. The lowest BCUT2D eigenvalue weighted by Gasteiger charge is -2.17. The summed E-state index contributed by atoms with van der Waals surface area (Å²) in [6, 6.07) is 7.37. The SMILES string of the molecule is CN=C(NCCSC)NCC(C)Oc1ccc(Cl)cc1. The second-order valence-corrected chi connectivity index (χ2v) is 5.68. The van der Waals surface area contributed by atoms with Crippen LogP contribution in [0.25, 0.3) is 0 Å². The number of thioether (sulfide) groups is 1. The van der Waals surface area contributed by atoms with Crippen molar-refractivity contribution in [1.82, 2.24) is 10.6 Å². The van der Waals surface area contributed by atoms with E-state index in [4.69, 9.17) is 16.3 Å². The van der Waals surface area contributed by atoms with E-state index in [1.54, 1.807) is 18.8 Å². The van der Waals surface area contributed by atoms with Crippen LogP contribution >= 0.6 is 23.4 Å². The average Bonchev–Trinajstić information content (AvgIpc) is 2.45. The number of guanidine groups is 1. The lowest BCUT2D eigenvalue weighted by atomic mass is 10.3. The second-order valence-electron chi connectivity index (χ2n) is 4.26. The fourth-order valence-corrected chi connectivity index (χ4v) is 1.95. The first-order chi connectivity index (χ1) is 9.65. The number of hydrogen-bond donors (Lipinski definition) is 2. The Labute approximate surface area is 130 Å². The highest BCUT2D eigenvalue weighted by atomic mass is 35.5. The quantitative estimate of drug-likeness (QED) is 0.461. The molecule has 1 unspecified atom stereocenters. The summed E-state index contributed by atoms with van der Waals surface area (Å²) in [6.45, 7) is 3.59. The maximum absolute atomic E-state index is 5.84. The van der Waals surface area contributed by atoms with Crippen molar-refractivity contribution in [2.45, 2.75) is 13.0 Å². The number of halogens is 1. The summed E-state index contributed by atoms with van der Waals surface area (Å²) in [5, 5.41) is 7.19. The molecule has 6 heteroatoms. The lowest BCUT2D eigenvalue weighted by Crippen LogP contribution is -2.42. The molecule has 0 spiro atoms. The maximum Gasteiger partial charge on any atom is 0.191 e. The van der Waals surface area contributed by atoms with Gasteiger partial charge in [-0.1, -0.05) is 11.6 Å². The smallest absolute Gasteiger partial charge is 0.191 e. The number of nitrogens with zero attached hydrogens (tertiary/aromatic N) is 1. The Morgan fingerprint density at radius 1 is 1.35 bits per heavy atom. The van der Waals surface area contributed by atoms with E-state index in [9.17, 15) is 0 Å². The van der Waals surface area contributed by atoms with Gasteiger partial charge in [-0.25, -0.2) is 0 Å². The summed E-state index contributed by atoms with van der Waals surface area (Å²) in [5.41, 5.74) is 0. The van der Waals surface area contributed by atoms with Crippen LogP contribution in [0.5, 0.6) is 5.75 Å². The number of aliphatic imine (C=N–C) groups is 1. The van der Waals surface area contributed by atoms with Crippen molar-refractivity contribution in [3.63, 3.8) is 0 Å². The summed E-state index contributed by atoms with van der Waals surface area (Å²) in [7, 11) is 1.76. The van der Waals surface area contributed by atoms with Crippen molar-refractivity contribution in [3.8, 4) is 5.75 Å². The molecule has 0 fully saturated rings. The zero-order valence-corrected chi connectivity index (χ0v) is 13.7. The average molecular weight is 316 g/mol. The third-order valence-corrected chi connectivity index (χ3v) is 3.39. The van der Waals surface area contributed by atoms with Crippen LogP contribution in [0, 0.1) is 0 Å². The Hall–Kier alpha value is -1.07. The molecule has 0 radical (unpaired) electrons. The van der Waals surface area contributed by atoms with Gasteiger partial charge in [0.25, 0.3) is 0 Å². The molecule has 1 aromatic carbocycles. The Morgan fingerprint density at radius 2 is 2.05 bits per heavy atom. The highest BCUT2D eigenvalue weighted by Gasteiger charge is 2.05. The summed E-state index contributed by atoms with van der Waals surface area (Å²) in [4.78, 5) is 4.16. The predicted octanol–water partition coefficient (Wildman–Crippen LogP) is 2.64. The van der Waals surface area contributed by atoms with E-state index >= 15 is 0 Å². The van der Waals surface area contributed by atoms with Gasteiger partial charge in [-0.3, -0.25) is 4.99 Å². The Kier molecular flexibility index (Phi) is 8.30. The third kappa shape index (κ3) is 6.91. The summed E-state index contributed by atoms with van der Waals surface area (Å²) < 4.78 is 5.78. The van der Waals surface area contributed by atoms with Gasteiger partial charge in [0.2, 0.25) is 0 Å². The molecule has 0 amide bonds. The molecule has 20 heavy (non-hydrogen) atoms. The summed E-state index contributed by atoms with van der Waals surface area (Å²) in [6.07, 6.45) is 2.12. The molecule has 0 aromatic heterocycles. The van der Waals surface area contributed by atoms with Gasteiger partial charge in [0, 0.05) is 24.4 Å². The monoisotopic (exact) mass is 315 g/mol. The summed E-state index contributed by atoms with van der Waals surface area (Å²) in [5.74, 6) is 2.66. The van der Waals surface area contributed by atoms with Gasteiger partial charge in [-0.05, 0) is 37.4 Å². The van der Waals surface area contributed by atoms with Crippen LogP contribution in [0.3, 0.4) is 0 Å². The molecule has 4 nitrogen and oxygen atoms in total.